The molecular weight excluding hydrogens is 212 g/mol. The second-order valence-corrected chi connectivity index (χ2v) is 3.70. The van der Waals surface area contributed by atoms with E-state index in [0.717, 1.165) is 0 Å². The highest BCUT2D eigenvalue weighted by Gasteiger charge is 2.18. The van der Waals surface area contributed by atoms with Gasteiger partial charge in [0.1, 0.15) is 0 Å². The monoisotopic (exact) mass is 228 g/mol. The lowest BCUT2D eigenvalue weighted by atomic mass is 10.2. The van der Waals surface area contributed by atoms with E-state index in [1.54, 1.807) is 0 Å². The topological polar surface area (TPSA) is 114 Å². The van der Waals surface area contributed by atoms with Crippen LogP contribution in [0.5, 0.6) is 0 Å². The summed E-state index contributed by atoms with van der Waals surface area (Å²) in [6, 6.07) is 0. The lowest BCUT2D eigenvalue weighted by Crippen LogP contribution is -2.18. The Balaban J connectivity index is 2.95. The number of rotatable bonds is 6. The maximum absolute atomic E-state index is 10.9. The van der Waals surface area contributed by atoms with Gasteiger partial charge in [0.25, 0.3) is 0 Å². The molecule has 1 atom stereocenters. The Morgan fingerprint density at radius 1 is 1.62 bits per heavy atom. The molecule has 0 fully saturated rings. The van der Waals surface area contributed by atoms with Crippen molar-refractivity contribution in [1.82, 2.24) is 15.0 Å². The van der Waals surface area contributed by atoms with Crippen molar-refractivity contribution in [2.45, 2.75) is 19.9 Å². The summed E-state index contributed by atoms with van der Waals surface area (Å²) in [6.07, 6.45) is 0.410. The van der Waals surface area contributed by atoms with Gasteiger partial charge in [-0.3, -0.25) is 0 Å². The third-order valence-corrected chi connectivity index (χ3v) is 2.22. The van der Waals surface area contributed by atoms with E-state index in [-0.39, 0.29) is 18.2 Å². The van der Waals surface area contributed by atoms with Crippen molar-refractivity contribution in [3.8, 4) is 0 Å². The van der Waals surface area contributed by atoms with Crippen molar-refractivity contribution in [1.29, 1.82) is 0 Å². The van der Waals surface area contributed by atoms with Crippen molar-refractivity contribution >= 4 is 5.97 Å². The smallest absolute Gasteiger partial charge is 0.358 e. The predicted octanol–water partition coefficient (Wildman–Crippen LogP) is -0.894. The van der Waals surface area contributed by atoms with Gasteiger partial charge in [0.2, 0.25) is 0 Å². The van der Waals surface area contributed by atoms with E-state index in [4.69, 9.17) is 15.9 Å². The normalized spacial score (nSPS) is 12.7. The number of nitrogens with zero attached hydrogens (tertiary/aromatic N) is 3. The van der Waals surface area contributed by atoms with Crippen LogP contribution >= 0.6 is 0 Å². The zero-order valence-corrected chi connectivity index (χ0v) is 9.13. The molecule has 0 radical (unpaired) electrons. The van der Waals surface area contributed by atoms with Gasteiger partial charge in [0, 0.05) is 19.6 Å². The van der Waals surface area contributed by atoms with Gasteiger partial charge in [-0.05, 0) is 12.5 Å². The average molecular weight is 228 g/mol. The first-order chi connectivity index (χ1) is 7.60. The number of aromatic nitrogens is 3. The van der Waals surface area contributed by atoms with Gasteiger partial charge in [-0.25, -0.2) is 9.48 Å². The molecule has 0 aliphatic heterocycles. The largest absolute Gasteiger partial charge is 0.476 e. The lowest BCUT2D eigenvalue weighted by Gasteiger charge is -2.10. The van der Waals surface area contributed by atoms with E-state index in [9.17, 15) is 4.79 Å². The quantitative estimate of drug-likeness (QED) is 0.581. The van der Waals surface area contributed by atoms with Crippen molar-refractivity contribution in [2.24, 2.45) is 11.7 Å². The molecule has 0 bridgehead atoms. The van der Waals surface area contributed by atoms with E-state index >= 15 is 0 Å². The van der Waals surface area contributed by atoms with Gasteiger partial charge in [0.05, 0.1) is 5.69 Å². The van der Waals surface area contributed by atoms with Crippen LogP contribution < -0.4 is 5.73 Å². The molecule has 7 heteroatoms. The molecule has 1 aromatic rings. The molecule has 0 saturated carbocycles. The maximum atomic E-state index is 10.9. The summed E-state index contributed by atoms with van der Waals surface area (Å²) in [5.74, 6) is -1.11. The average Bonchev–Trinajstić information content (AvgIpc) is 2.62. The van der Waals surface area contributed by atoms with Crippen molar-refractivity contribution < 1.29 is 15.0 Å². The van der Waals surface area contributed by atoms with E-state index in [1.807, 2.05) is 6.92 Å². The Hall–Kier alpha value is -1.47. The molecule has 0 aliphatic rings. The number of carbonyl (C=O) groups is 1. The van der Waals surface area contributed by atoms with E-state index < -0.39 is 5.97 Å². The summed E-state index contributed by atoms with van der Waals surface area (Å²) in [7, 11) is 0. The first-order valence-electron chi connectivity index (χ1n) is 5.06. The molecular formula is C9H16N4O3. The van der Waals surface area contributed by atoms with E-state index in [0.29, 0.717) is 25.2 Å². The minimum absolute atomic E-state index is 0.000121. The summed E-state index contributed by atoms with van der Waals surface area (Å²) in [6.45, 7) is 2.63. The van der Waals surface area contributed by atoms with Crippen LogP contribution in [0.3, 0.4) is 0 Å². The lowest BCUT2D eigenvalue weighted by molar-refractivity contribution is 0.0689. The van der Waals surface area contributed by atoms with Crippen LogP contribution in [0.2, 0.25) is 0 Å². The van der Waals surface area contributed by atoms with Crippen LogP contribution in [0, 0.1) is 5.92 Å². The Labute approximate surface area is 92.9 Å². The van der Waals surface area contributed by atoms with Gasteiger partial charge in [0.15, 0.2) is 5.69 Å². The molecule has 1 rings (SSSR count). The SMILES string of the molecule is CC(CO)Cn1nnc(C(=O)O)c1CCN. The number of aliphatic hydroxyl groups excluding tert-OH is 1. The standard InChI is InChI=1S/C9H16N4O3/c1-6(5-14)4-13-7(2-3-10)8(9(15)16)11-12-13/h6,14H,2-5,10H2,1H3,(H,15,16). The van der Waals surface area contributed by atoms with Gasteiger partial charge in [-0.15, -0.1) is 5.10 Å². The second-order valence-electron chi connectivity index (χ2n) is 3.70. The van der Waals surface area contributed by atoms with Crippen LogP contribution in [0.1, 0.15) is 23.1 Å². The van der Waals surface area contributed by atoms with Crippen molar-refractivity contribution in [2.75, 3.05) is 13.2 Å². The molecule has 0 aromatic carbocycles. The molecule has 1 aromatic heterocycles. The Kier molecular flexibility index (Phi) is 4.39. The van der Waals surface area contributed by atoms with E-state index in [2.05, 4.69) is 10.3 Å². The molecule has 16 heavy (non-hydrogen) atoms. The first-order valence-corrected chi connectivity index (χ1v) is 5.06. The van der Waals surface area contributed by atoms with Crippen LogP contribution in [0.15, 0.2) is 0 Å². The van der Waals surface area contributed by atoms with Gasteiger partial charge in [-0.2, -0.15) is 0 Å². The Morgan fingerprint density at radius 3 is 2.81 bits per heavy atom. The molecule has 0 spiro atoms. The summed E-state index contributed by atoms with van der Waals surface area (Å²) >= 11 is 0. The fraction of sp³-hybridized carbons (Fsp3) is 0.667. The molecule has 4 N–H and O–H groups in total. The van der Waals surface area contributed by atoms with Crippen LogP contribution in [0.25, 0.3) is 0 Å². The Bertz CT molecular complexity index is 364. The highest BCUT2D eigenvalue weighted by molar-refractivity contribution is 5.86. The molecule has 0 aliphatic carbocycles. The first kappa shape index (κ1) is 12.6. The minimum atomic E-state index is -1.11. The van der Waals surface area contributed by atoms with Crippen LogP contribution in [-0.4, -0.2) is 44.3 Å². The van der Waals surface area contributed by atoms with Crippen molar-refractivity contribution in [3.63, 3.8) is 0 Å². The summed E-state index contributed by atoms with van der Waals surface area (Å²) in [5.41, 5.74) is 5.86. The number of aromatic carboxylic acids is 1. The number of carboxylic acids is 1. The zero-order valence-electron chi connectivity index (χ0n) is 9.13. The fourth-order valence-corrected chi connectivity index (χ4v) is 1.38. The highest BCUT2D eigenvalue weighted by Crippen LogP contribution is 2.09. The molecule has 1 unspecified atom stereocenters. The molecule has 1 heterocycles. The van der Waals surface area contributed by atoms with Crippen molar-refractivity contribution in [3.05, 3.63) is 11.4 Å². The summed E-state index contributed by atoms with van der Waals surface area (Å²) in [5, 5.41) is 25.2. The predicted molar refractivity (Wildman–Crippen MR) is 56.0 cm³/mol. The number of nitrogens with two attached hydrogens (primary N) is 1. The second kappa shape index (κ2) is 5.57. The highest BCUT2D eigenvalue weighted by atomic mass is 16.4. The number of hydrogen-bond donors (Lipinski definition) is 3. The van der Waals surface area contributed by atoms with Crippen LogP contribution in [0.4, 0.5) is 0 Å². The Morgan fingerprint density at radius 2 is 2.31 bits per heavy atom. The number of aliphatic hydroxyl groups is 1. The molecule has 0 amide bonds. The number of hydrogen-bond acceptors (Lipinski definition) is 5. The summed E-state index contributed by atoms with van der Waals surface area (Å²) < 4.78 is 1.50. The van der Waals surface area contributed by atoms with E-state index in [1.165, 1.54) is 4.68 Å². The van der Waals surface area contributed by atoms with Crippen LogP contribution in [-0.2, 0) is 13.0 Å². The maximum Gasteiger partial charge on any atom is 0.358 e. The number of carboxylic acid groups (broad SMARTS) is 1. The zero-order chi connectivity index (χ0) is 12.1. The molecule has 90 valence electrons. The molecule has 7 nitrogen and oxygen atoms in total. The van der Waals surface area contributed by atoms with Gasteiger partial charge >= 0.3 is 5.97 Å². The van der Waals surface area contributed by atoms with Gasteiger partial charge in [-0.1, -0.05) is 12.1 Å². The third-order valence-electron chi connectivity index (χ3n) is 2.22. The van der Waals surface area contributed by atoms with Gasteiger partial charge < -0.3 is 15.9 Å². The third kappa shape index (κ3) is 2.77. The fourth-order valence-electron chi connectivity index (χ4n) is 1.38. The molecule has 0 saturated heterocycles. The minimum Gasteiger partial charge on any atom is -0.476 e. The summed E-state index contributed by atoms with van der Waals surface area (Å²) in [4.78, 5) is 10.9.